The lowest BCUT2D eigenvalue weighted by molar-refractivity contribution is -0.118. The smallest absolute Gasteiger partial charge is 0.410 e. The monoisotopic (exact) mass is 439 g/mol. The summed E-state index contributed by atoms with van der Waals surface area (Å²) in [7, 11) is -3.95. The van der Waals surface area contributed by atoms with Gasteiger partial charge in [0.25, 0.3) is 5.91 Å². The van der Waals surface area contributed by atoms with Crippen molar-refractivity contribution in [3.8, 4) is 0 Å². The van der Waals surface area contributed by atoms with Crippen LogP contribution >= 0.6 is 0 Å². The van der Waals surface area contributed by atoms with E-state index in [4.69, 9.17) is 4.74 Å². The molecule has 31 heavy (non-hydrogen) atoms. The molecule has 8 nitrogen and oxygen atoms in total. The van der Waals surface area contributed by atoms with Gasteiger partial charge in [-0.1, -0.05) is 36.4 Å². The van der Waals surface area contributed by atoms with Gasteiger partial charge in [-0.05, 0) is 36.8 Å². The molecule has 1 aromatic heterocycles. The molecule has 1 saturated heterocycles. The van der Waals surface area contributed by atoms with E-state index < -0.39 is 34.6 Å². The van der Waals surface area contributed by atoms with Crippen LogP contribution in [0.3, 0.4) is 0 Å². The fraction of sp³-hybridized carbons (Fsp3) is 0.227. The minimum atomic E-state index is -3.95. The van der Waals surface area contributed by atoms with Crippen molar-refractivity contribution in [3.05, 3.63) is 71.9 Å². The Hall–Kier alpha value is -3.46. The van der Waals surface area contributed by atoms with Crippen molar-refractivity contribution in [1.29, 1.82) is 0 Å². The minimum Gasteiger partial charge on any atom is -0.447 e. The maximum atomic E-state index is 13.1. The Morgan fingerprint density at radius 3 is 2.61 bits per heavy atom. The molecule has 0 spiro atoms. The van der Waals surface area contributed by atoms with E-state index in [2.05, 4.69) is 4.98 Å². The Labute approximate surface area is 180 Å². The molecule has 1 unspecified atom stereocenters. The topological polar surface area (TPSA) is 96.9 Å². The highest BCUT2D eigenvalue weighted by Crippen LogP contribution is 2.29. The number of sulfonamides is 1. The summed E-state index contributed by atoms with van der Waals surface area (Å²) in [4.78, 5) is 31.1. The Kier molecular flexibility index (Phi) is 5.36. The molecule has 9 heteroatoms. The van der Waals surface area contributed by atoms with E-state index in [-0.39, 0.29) is 12.3 Å². The van der Waals surface area contributed by atoms with Gasteiger partial charge in [0, 0.05) is 11.1 Å². The van der Waals surface area contributed by atoms with Gasteiger partial charge in [0.05, 0.1) is 23.5 Å². The lowest BCUT2D eigenvalue weighted by Crippen LogP contribution is -2.44. The summed E-state index contributed by atoms with van der Waals surface area (Å²) >= 11 is 0. The van der Waals surface area contributed by atoms with Crippen molar-refractivity contribution in [2.75, 3.05) is 23.7 Å². The van der Waals surface area contributed by atoms with Crippen LogP contribution in [0.15, 0.2) is 60.7 Å². The van der Waals surface area contributed by atoms with Gasteiger partial charge < -0.3 is 4.74 Å². The quantitative estimate of drug-likeness (QED) is 0.606. The molecule has 3 aromatic rings. The number of carbonyl (C=O) groups excluding carboxylic acids is 2. The van der Waals surface area contributed by atoms with Crippen molar-refractivity contribution in [2.24, 2.45) is 0 Å². The Bertz CT molecular complexity index is 1260. The number of carbonyl (C=O) groups is 2. The minimum absolute atomic E-state index is 0.0933. The van der Waals surface area contributed by atoms with E-state index in [9.17, 15) is 18.0 Å². The summed E-state index contributed by atoms with van der Waals surface area (Å²) in [6.07, 6.45) is 0.299. The maximum Gasteiger partial charge on any atom is 0.410 e. The molecule has 2 heterocycles. The first kappa shape index (κ1) is 20.8. The lowest BCUT2D eigenvalue weighted by Gasteiger charge is -2.26. The van der Waals surface area contributed by atoms with Gasteiger partial charge in [-0.2, -0.15) is 0 Å². The van der Waals surface area contributed by atoms with Crippen molar-refractivity contribution in [3.63, 3.8) is 0 Å². The number of amides is 2. The highest BCUT2D eigenvalue weighted by atomic mass is 32.2. The first-order valence-corrected chi connectivity index (χ1v) is 11.5. The summed E-state index contributed by atoms with van der Waals surface area (Å²) in [5.41, 5.74) is 2.52. The molecule has 1 atom stereocenters. The molecule has 0 radical (unpaired) electrons. The number of fused-ring (bicyclic) bond motifs is 1. The summed E-state index contributed by atoms with van der Waals surface area (Å²) < 4.78 is 30.9. The van der Waals surface area contributed by atoms with Crippen LogP contribution in [-0.2, 0) is 19.6 Å². The van der Waals surface area contributed by atoms with E-state index in [0.717, 1.165) is 21.8 Å². The second kappa shape index (κ2) is 7.99. The van der Waals surface area contributed by atoms with Crippen LogP contribution in [0.1, 0.15) is 17.3 Å². The Morgan fingerprint density at radius 2 is 1.90 bits per heavy atom. The summed E-state index contributed by atoms with van der Waals surface area (Å²) in [5, 5.41) is 0.701. The number of aromatic nitrogens is 1. The third kappa shape index (κ3) is 4.22. The van der Waals surface area contributed by atoms with Gasteiger partial charge in [0.1, 0.15) is 13.2 Å². The number of benzene rings is 2. The highest BCUT2D eigenvalue weighted by Gasteiger charge is 2.38. The molecule has 1 aliphatic heterocycles. The molecule has 160 valence electrons. The van der Waals surface area contributed by atoms with Crippen LogP contribution < -0.4 is 4.31 Å². The zero-order valence-corrected chi connectivity index (χ0v) is 17.9. The molecular weight excluding hydrogens is 418 g/mol. The standard InChI is InChI=1S/C22H21N3O5S/c1-15-8-9-17-12-18(10-11-19(17)23-15)25(31(2,28)29)21(26)13-24-20(14-30-22(24)27)16-6-4-3-5-7-16/h3-12,20H,13-14H2,1-2H3. The summed E-state index contributed by atoms with van der Waals surface area (Å²) in [6.45, 7) is 1.52. The molecule has 2 aromatic carbocycles. The van der Waals surface area contributed by atoms with Crippen molar-refractivity contribution < 1.29 is 22.7 Å². The number of pyridine rings is 1. The molecule has 0 aliphatic carbocycles. The number of rotatable bonds is 5. The van der Waals surface area contributed by atoms with E-state index in [1.807, 2.05) is 49.4 Å². The second-order valence-corrected chi connectivity index (χ2v) is 9.21. The number of hydrogen-bond acceptors (Lipinski definition) is 6. The van der Waals surface area contributed by atoms with Crippen LogP contribution in [0.2, 0.25) is 0 Å². The first-order chi connectivity index (χ1) is 14.7. The number of cyclic esters (lactones) is 1. The zero-order chi connectivity index (χ0) is 22.2. The van der Waals surface area contributed by atoms with Crippen LogP contribution in [0.25, 0.3) is 10.9 Å². The molecular formula is C22H21N3O5S. The van der Waals surface area contributed by atoms with Gasteiger partial charge in [-0.15, -0.1) is 0 Å². The van der Waals surface area contributed by atoms with Crippen LogP contribution in [0, 0.1) is 6.92 Å². The molecule has 1 aliphatic rings. The van der Waals surface area contributed by atoms with E-state index in [1.165, 1.54) is 11.0 Å². The predicted octanol–water partition coefficient (Wildman–Crippen LogP) is 3.03. The number of aryl methyl sites for hydroxylation is 1. The van der Waals surface area contributed by atoms with Crippen molar-refractivity contribution in [1.82, 2.24) is 9.88 Å². The number of hydrogen-bond donors (Lipinski definition) is 0. The average molecular weight is 439 g/mol. The third-order valence-electron chi connectivity index (χ3n) is 5.07. The molecule has 1 fully saturated rings. The third-order valence-corrected chi connectivity index (χ3v) is 6.15. The van der Waals surface area contributed by atoms with Gasteiger partial charge >= 0.3 is 6.09 Å². The normalized spacial score (nSPS) is 16.4. The maximum absolute atomic E-state index is 13.1. The SMILES string of the molecule is Cc1ccc2cc(N(C(=O)CN3C(=O)OCC3c3ccccc3)S(C)(=O)=O)ccc2n1. The Morgan fingerprint density at radius 1 is 1.16 bits per heavy atom. The summed E-state index contributed by atoms with van der Waals surface area (Å²) in [5.74, 6) is -0.748. The van der Waals surface area contributed by atoms with E-state index in [0.29, 0.717) is 10.9 Å². The highest BCUT2D eigenvalue weighted by molar-refractivity contribution is 7.92. The second-order valence-electron chi connectivity index (χ2n) is 7.38. The van der Waals surface area contributed by atoms with Crippen LogP contribution in [-0.4, -0.2) is 49.7 Å². The van der Waals surface area contributed by atoms with E-state index >= 15 is 0 Å². The first-order valence-electron chi connectivity index (χ1n) is 9.63. The molecule has 0 bridgehead atoms. The summed E-state index contributed by atoms with van der Waals surface area (Å²) in [6, 6.07) is 17.1. The Balaban J connectivity index is 1.66. The van der Waals surface area contributed by atoms with Gasteiger partial charge in [-0.25, -0.2) is 17.5 Å². The molecule has 4 rings (SSSR count). The molecule has 0 saturated carbocycles. The number of anilines is 1. The van der Waals surface area contributed by atoms with E-state index in [1.54, 1.807) is 12.1 Å². The van der Waals surface area contributed by atoms with Crippen LogP contribution in [0.5, 0.6) is 0 Å². The fourth-order valence-electron chi connectivity index (χ4n) is 3.65. The number of nitrogens with zero attached hydrogens (tertiary/aromatic N) is 3. The largest absolute Gasteiger partial charge is 0.447 e. The predicted molar refractivity (Wildman–Crippen MR) is 116 cm³/mol. The van der Waals surface area contributed by atoms with Crippen molar-refractivity contribution in [2.45, 2.75) is 13.0 Å². The van der Waals surface area contributed by atoms with Gasteiger partial charge in [0.2, 0.25) is 10.0 Å². The number of ether oxygens (including phenoxy) is 1. The zero-order valence-electron chi connectivity index (χ0n) is 17.1. The van der Waals surface area contributed by atoms with Gasteiger partial charge in [-0.3, -0.25) is 14.7 Å². The van der Waals surface area contributed by atoms with Gasteiger partial charge in [0.15, 0.2) is 0 Å². The molecule has 0 N–H and O–H groups in total. The lowest BCUT2D eigenvalue weighted by atomic mass is 10.1. The van der Waals surface area contributed by atoms with Crippen molar-refractivity contribution >= 4 is 38.6 Å². The fourth-order valence-corrected chi connectivity index (χ4v) is 4.57. The average Bonchev–Trinajstić information content (AvgIpc) is 3.08. The van der Waals surface area contributed by atoms with Crippen LogP contribution in [0.4, 0.5) is 10.5 Å². The molecule has 2 amide bonds.